The molecule has 2 aromatic carbocycles. The zero-order valence-electron chi connectivity index (χ0n) is 19.6. The van der Waals surface area contributed by atoms with Gasteiger partial charge in [-0.15, -0.1) is 0 Å². The third-order valence-electron chi connectivity index (χ3n) is 5.03. The van der Waals surface area contributed by atoms with Crippen LogP contribution in [0.2, 0.25) is 0 Å². The first-order valence-electron chi connectivity index (χ1n) is 10.6. The SMILES string of the molecule is Cn1c(C2COc3ccccc3O2)nc2cc(-c3cn[nH]c3)ccc21.O=C(O)C(F)(F)F.O=C(O)C(F)(F)F. The highest BCUT2D eigenvalue weighted by Crippen LogP contribution is 2.36. The van der Waals surface area contributed by atoms with Crippen LogP contribution >= 0.6 is 0 Å². The van der Waals surface area contributed by atoms with E-state index in [0.29, 0.717) is 6.61 Å². The van der Waals surface area contributed by atoms with E-state index < -0.39 is 24.3 Å². The van der Waals surface area contributed by atoms with Crippen LogP contribution in [0.5, 0.6) is 11.5 Å². The standard InChI is InChI=1S/C19H16N4O2.2C2HF3O2/c1-23-15-7-6-12(13-9-20-21-10-13)8-14(15)22-19(23)18-11-24-16-4-2-3-5-17(16)25-18;2*3-2(4,5)1(6)7/h2-10,18H,11H2,1H3,(H,20,21);2*(H,6,7). The highest BCUT2D eigenvalue weighted by atomic mass is 19.4. The number of ether oxygens (including phenoxy) is 2. The Morgan fingerprint density at radius 3 is 2.10 bits per heavy atom. The lowest BCUT2D eigenvalue weighted by molar-refractivity contribution is -0.193. The number of nitrogens with one attached hydrogen (secondary N) is 1. The lowest BCUT2D eigenvalue weighted by Gasteiger charge is -2.25. The summed E-state index contributed by atoms with van der Waals surface area (Å²) in [4.78, 5) is 22.6. The minimum atomic E-state index is -5.08. The molecule has 10 nitrogen and oxygen atoms in total. The van der Waals surface area contributed by atoms with Crippen LogP contribution in [0, 0.1) is 0 Å². The van der Waals surface area contributed by atoms with Crippen LogP contribution in [-0.4, -0.2) is 60.9 Å². The van der Waals surface area contributed by atoms with E-state index >= 15 is 0 Å². The van der Waals surface area contributed by atoms with Crippen molar-refractivity contribution in [2.45, 2.75) is 18.5 Å². The Labute approximate surface area is 214 Å². The summed E-state index contributed by atoms with van der Waals surface area (Å²) in [6.45, 7) is 0.447. The van der Waals surface area contributed by atoms with Gasteiger partial charge in [-0.05, 0) is 29.8 Å². The normalized spacial score (nSPS) is 14.5. The topological polar surface area (TPSA) is 140 Å². The van der Waals surface area contributed by atoms with Crippen molar-refractivity contribution in [3.05, 3.63) is 60.7 Å². The second kappa shape index (κ2) is 11.3. The highest BCUT2D eigenvalue weighted by molar-refractivity contribution is 5.82. The Kier molecular flexibility index (Phi) is 8.36. The summed E-state index contributed by atoms with van der Waals surface area (Å²) in [5.41, 5.74) is 4.11. The van der Waals surface area contributed by atoms with Crippen LogP contribution in [0.1, 0.15) is 11.9 Å². The zero-order valence-corrected chi connectivity index (χ0v) is 19.6. The van der Waals surface area contributed by atoms with Gasteiger partial charge in [0.1, 0.15) is 6.61 Å². The summed E-state index contributed by atoms with van der Waals surface area (Å²) >= 11 is 0. The van der Waals surface area contributed by atoms with Gasteiger partial charge in [-0.2, -0.15) is 31.4 Å². The first-order chi connectivity index (χ1) is 18.2. The number of imidazole rings is 1. The summed E-state index contributed by atoms with van der Waals surface area (Å²) in [7, 11) is 2.01. The molecule has 3 heterocycles. The molecule has 208 valence electrons. The fraction of sp³-hybridized carbons (Fsp3) is 0.217. The van der Waals surface area contributed by atoms with Gasteiger partial charge in [0, 0.05) is 18.8 Å². The number of alkyl halides is 6. The van der Waals surface area contributed by atoms with Gasteiger partial charge in [0.05, 0.1) is 17.2 Å². The molecule has 0 amide bonds. The number of aromatic amines is 1. The second-order valence-corrected chi connectivity index (χ2v) is 7.69. The largest absolute Gasteiger partial charge is 0.490 e. The molecule has 0 saturated carbocycles. The fourth-order valence-corrected chi connectivity index (χ4v) is 3.24. The van der Waals surface area contributed by atoms with E-state index in [1.165, 1.54) is 0 Å². The second-order valence-electron chi connectivity index (χ2n) is 7.69. The van der Waals surface area contributed by atoms with Gasteiger partial charge in [0.25, 0.3) is 0 Å². The van der Waals surface area contributed by atoms with Gasteiger partial charge in [0.2, 0.25) is 0 Å². The molecule has 1 atom stereocenters. The molecule has 1 aliphatic heterocycles. The van der Waals surface area contributed by atoms with Crippen LogP contribution < -0.4 is 9.47 Å². The van der Waals surface area contributed by atoms with E-state index in [1.807, 2.05) is 37.5 Å². The number of para-hydroxylation sites is 2. The van der Waals surface area contributed by atoms with Crippen molar-refractivity contribution in [2.24, 2.45) is 7.05 Å². The van der Waals surface area contributed by atoms with Gasteiger partial charge >= 0.3 is 24.3 Å². The quantitative estimate of drug-likeness (QED) is 0.299. The van der Waals surface area contributed by atoms with E-state index in [0.717, 1.165) is 39.5 Å². The lowest BCUT2D eigenvalue weighted by atomic mass is 10.1. The number of carboxylic acids is 2. The zero-order chi connectivity index (χ0) is 29.0. The summed E-state index contributed by atoms with van der Waals surface area (Å²) in [6, 6.07) is 13.9. The van der Waals surface area contributed by atoms with Gasteiger partial charge in [0.15, 0.2) is 23.4 Å². The highest BCUT2D eigenvalue weighted by Gasteiger charge is 2.38. The van der Waals surface area contributed by atoms with Gasteiger partial charge < -0.3 is 24.3 Å². The van der Waals surface area contributed by atoms with E-state index in [9.17, 15) is 26.3 Å². The Balaban J connectivity index is 0.000000251. The van der Waals surface area contributed by atoms with Gasteiger partial charge in [-0.3, -0.25) is 5.10 Å². The van der Waals surface area contributed by atoms with Crippen molar-refractivity contribution in [2.75, 3.05) is 6.61 Å². The molecule has 4 aromatic rings. The number of hydrogen-bond donors (Lipinski definition) is 3. The number of halogens is 6. The van der Waals surface area contributed by atoms with Crippen molar-refractivity contribution in [3.63, 3.8) is 0 Å². The number of hydrogen-bond acceptors (Lipinski definition) is 6. The van der Waals surface area contributed by atoms with Crippen molar-refractivity contribution in [1.82, 2.24) is 19.7 Å². The first-order valence-corrected chi connectivity index (χ1v) is 10.6. The van der Waals surface area contributed by atoms with Gasteiger partial charge in [-0.25, -0.2) is 14.6 Å². The predicted molar refractivity (Wildman–Crippen MR) is 121 cm³/mol. The number of H-pyrrole nitrogens is 1. The maximum atomic E-state index is 10.6. The average Bonchev–Trinajstić information content (AvgIpc) is 3.52. The first kappa shape index (κ1) is 28.8. The lowest BCUT2D eigenvalue weighted by Crippen LogP contribution is -2.24. The molecular weight excluding hydrogens is 542 g/mol. The van der Waals surface area contributed by atoms with Crippen molar-refractivity contribution >= 4 is 23.0 Å². The third kappa shape index (κ3) is 7.18. The molecule has 0 saturated heterocycles. The van der Waals surface area contributed by atoms with Crippen molar-refractivity contribution in [3.8, 4) is 22.6 Å². The number of aliphatic carboxylic acids is 2. The van der Waals surface area contributed by atoms with E-state index in [2.05, 4.69) is 33.0 Å². The summed E-state index contributed by atoms with van der Waals surface area (Å²) in [5, 5.41) is 21.1. The Bertz CT molecular complexity index is 1430. The predicted octanol–water partition coefficient (Wildman–Crippen LogP) is 4.74. The number of aromatic nitrogens is 4. The van der Waals surface area contributed by atoms with E-state index in [1.54, 1.807) is 6.20 Å². The van der Waals surface area contributed by atoms with E-state index in [4.69, 9.17) is 34.3 Å². The van der Waals surface area contributed by atoms with Crippen LogP contribution in [0.15, 0.2) is 54.9 Å². The molecule has 0 bridgehead atoms. The van der Waals surface area contributed by atoms with Crippen molar-refractivity contribution in [1.29, 1.82) is 0 Å². The van der Waals surface area contributed by atoms with Crippen LogP contribution in [0.25, 0.3) is 22.2 Å². The molecule has 0 spiro atoms. The average molecular weight is 560 g/mol. The van der Waals surface area contributed by atoms with E-state index in [-0.39, 0.29) is 6.10 Å². The molecule has 3 N–H and O–H groups in total. The number of aryl methyl sites for hydroxylation is 1. The minimum absolute atomic E-state index is 0.232. The monoisotopic (exact) mass is 560 g/mol. The minimum Gasteiger partial charge on any atom is -0.485 e. The molecular formula is C23H18F6N4O6. The number of nitrogens with zero attached hydrogens (tertiary/aromatic N) is 3. The summed E-state index contributed by atoms with van der Waals surface area (Å²) < 4.78 is 77.5. The number of benzene rings is 2. The van der Waals surface area contributed by atoms with Crippen LogP contribution in [-0.2, 0) is 16.6 Å². The van der Waals surface area contributed by atoms with Crippen LogP contribution in [0.3, 0.4) is 0 Å². The fourth-order valence-electron chi connectivity index (χ4n) is 3.24. The summed E-state index contributed by atoms with van der Waals surface area (Å²) in [6.07, 6.45) is -6.72. The number of rotatable bonds is 2. The summed E-state index contributed by atoms with van der Waals surface area (Å²) in [5.74, 6) is -3.13. The Morgan fingerprint density at radius 1 is 0.974 bits per heavy atom. The van der Waals surface area contributed by atoms with Crippen LogP contribution in [0.4, 0.5) is 26.3 Å². The maximum absolute atomic E-state index is 10.6. The van der Waals surface area contributed by atoms with Crippen molar-refractivity contribution < 1.29 is 55.6 Å². The molecule has 2 aromatic heterocycles. The smallest absolute Gasteiger partial charge is 0.485 e. The Morgan fingerprint density at radius 2 is 1.56 bits per heavy atom. The molecule has 5 rings (SSSR count). The number of carboxylic acid groups (broad SMARTS) is 2. The molecule has 0 fully saturated rings. The Hall–Kier alpha value is -4.76. The molecule has 0 radical (unpaired) electrons. The maximum Gasteiger partial charge on any atom is 0.490 e. The number of carbonyl (C=O) groups is 2. The molecule has 1 unspecified atom stereocenters. The number of fused-ring (bicyclic) bond motifs is 2. The molecule has 1 aliphatic rings. The molecule has 39 heavy (non-hydrogen) atoms. The third-order valence-corrected chi connectivity index (χ3v) is 5.03. The van der Waals surface area contributed by atoms with Gasteiger partial charge in [-0.1, -0.05) is 18.2 Å². The molecule has 16 heteroatoms. The molecule has 0 aliphatic carbocycles.